The Morgan fingerprint density at radius 2 is 2.19 bits per heavy atom. The van der Waals surface area contributed by atoms with E-state index in [9.17, 15) is 14.7 Å². The second-order valence-electron chi connectivity index (χ2n) is 5.80. The lowest BCUT2D eigenvalue weighted by Crippen LogP contribution is -2.45. The summed E-state index contributed by atoms with van der Waals surface area (Å²) in [5, 5.41) is 12.5. The van der Waals surface area contributed by atoms with Crippen LogP contribution in [0.15, 0.2) is 18.2 Å². The number of hydrogen-bond donors (Lipinski definition) is 2. The molecule has 2 heterocycles. The Kier molecular flexibility index (Phi) is 3.92. The minimum absolute atomic E-state index is 0.0722. The molecule has 0 unspecified atom stereocenters. The smallest absolute Gasteiger partial charge is 0.335 e. The number of fused-ring (bicyclic) bond motifs is 1. The standard InChI is InChI=1S/C16H20N2O3/c19-15(11-4-2-7-17-9-11)18-8-6-13-12(10-18)3-1-5-14(13)16(20)21/h1,3,5,11,17H,2,4,6-10H2,(H,20,21)/t11-/m1/s1. The van der Waals surface area contributed by atoms with E-state index in [1.54, 1.807) is 12.1 Å². The molecule has 2 aliphatic rings. The largest absolute Gasteiger partial charge is 0.478 e. The van der Waals surface area contributed by atoms with Gasteiger partial charge in [-0.3, -0.25) is 4.79 Å². The molecule has 0 bridgehead atoms. The van der Waals surface area contributed by atoms with Crippen molar-refractivity contribution in [3.05, 3.63) is 34.9 Å². The maximum Gasteiger partial charge on any atom is 0.335 e. The van der Waals surface area contributed by atoms with Gasteiger partial charge in [-0.05, 0) is 43.0 Å². The van der Waals surface area contributed by atoms with Gasteiger partial charge in [0.15, 0.2) is 0 Å². The number of piperidine rings is 1. The van der Waals surface area contributed by atoms with Crippen LogP contribution in [0.1, 0.15) is 34.3 Å². The predicted molar refractivity (Wildman–Crippen MR) is 78.1 cm³/mol. The molecule has 1 amide bonds. The number of carboxylic acids is 1. The summed E-state index contributed by atoms with van der Waals surface area (Å²) in [5.41, 5.74) is 2.23. The summed E-state index contributed by atoms with van der Waals surface area (Å²) in [7, 11) is 0. The molecule has 0 saturated carbocycles. The van der Waals surface area contributed by atoms with E-state index in [1.807, 2.05) is 11.0 Å². The second-order valence-corrected chi connectivity index (χ2v) is 5.80. The van der Waals surface area contributed by atoms with Gasteiger partial charge in [0.25, 0.3) is 0 Å². The first-order chi connectivity index (χ1) is 10.2. The van der Waals surface area contributed by atoms with Crippen LogP contribution in [0.2, 0.25) is 0 Å². The Bertz CT molecular complexity index is 565. The highest BCUT2D eigenvalue weighted by molar-refractivity contribution is 5.90. The normalized spacial score (nSPS) is 21.7. The van der Waals surface area contributed by atoms with Crippen LogP contribution in [0.5, 0.6) is 0 Å². The molecule has 3 rings (SSSR count). The molecule has 1 aromatic rings. The molecular weight excluding hydrogens is 268 g/mol. The van der Waals surface area contributed by atoms with E-state index >= 15 is 0 Å². The number of benzene rings is 1. The lowest BCUT2D eigenvalue weighted by atomic mass is 9.92. The molecule has 1 aromatic carbocycles. The third-order valence-corrected chi connectivity index (χ3v) is 4.45. The summed E-state index contributed by atoms with van der Waals surface area (Å²) in [5.74, 6) is -0.611. The highest BCUT2D eigenvalue weighted by atomic mass is 16.4. The first-order valence-electron chi connectivity index (χ1n) is 7.50. The van der Waals surface area contributed by atoms with Crippen molar-refractivity contribution >= 4 is 11.9 Å². The van der Waals surface area contributed by atoms with Crippen LogP contribution in [-0.4, -0.2) is 41.5 Å². The summed E-state index contributed by atoms with van der Waals surface area (Å²) >= 11 is 0. The number of nitrogens with zero attached hydrogens (tertiary/aromatic N) is 1. The van der Waals surface area contributed by atoms with E-state index in [2.05, 4.69) is 5.32 Å². The zero-order valence-corrected chi connectivity index (χ0v) is 12.0. The van der Waals surface area contributed by atoms with Gasteiger partial charge in [-0.25, -0.2) is 4.79 Å². The fraction of sp³-hybridized carbons (Fsp3) is 0.500. The maximum absolute atomic E-state index is 12.6. The molecule has 0 aromatic heterocycles. The number of carbonyl (C=O) groups excluding carboxylic acids is 1. The van der Waals surface area contributed by atoms with E-state index in [4.69, 9.17) is 0 Å². The van der Waals surface area contributed by atoms with E-state index < -0.39 is 5.97 Å². The van der Waals surface area contributed by atoms with E-state index in [-0.39, 0.29) is 11.8 Å². The van der Waals surface area contributed by atoms with Gasteiger partial charge < -0.3 is 15.3 Å². The van der Waals surface area contributed by atoms with E-state index in [1.165, 1.54) is 0 Å². The molecule has 21 heavy (non-hydrogen) atoms. The fourth-order valence-electron chi connectivity index (χ4n) is 3.32. The fourth-order valence-corrected chi connectivity index (χ4v) is 3.32. The molecule has 0 radical (unpaired) electrons. The van der Waals surface area contributed by atoms with Crippen molar-refractivity contribution in [1.29, 1.82) is 0 Å². The molecule has 1 atom stereocenters. The average Bonchev–Trinajstić information content (AvgIpc) is 2.53. The zero-order chi connectivity index (χ0) is 14.8. The van der Waals surface area contributed by atoms with Gasteiger partial charge in [0, 0.05) is 19.6 Å². The summed E-state index contributed by atoms with van der Waals surface area (Å²) in [6, 6.07) is 5.34. The topological polar surface area (TPSA) is 69.6 Å². The van der Waals surface area contributed by atoms with Crippen LogP contribution in [0, 0.1) is 5.92 Å². The molecule has 1 saturated heterocycles. The highest BCUT2D eigenvalue weighted by Crippen LogP contribution is 2.25. The van der Waals surface area contributed by atoms with Gasteiger partial charge in [-0.2, -0.15) is 0 Å². The Morgan fingerprint density at radius 1 is 1.33 bits per heavy atom. The van der Waals surface area contributed by atoms with Crippen LogP contribution in [-0.2, 0) is 17.8 Å². The van der Waals surface area contributed by atoms with Crippen molar-refractivity contribution < 1.29 is 14.7 Å². The third-order valence-electron chi connectivity index (χ3n) is 4.45. The van der Waals surface area contributed by atoms with Crippen LogP contribution in [0.3, 0.4) is 0 Å². The van der Waals surface area contributed by atoms with Crippen molar-refractivity contribution in [3.63, 3.8) is 0 Å². The Balaban J connectivity index is 1.77. The molecule has 5 heteroatoms. The summed E-state index contributed by atoms with van der Waals surface area (Å²) in [6.07, 6.45) is 2.62. The molecule has 2 aliphatic heterocycles. The quantitative estimate of drug-likeness (QED) is 0.860. The van der Waals surface area contributed by atoms with Gasteiger partial charge in [0.1, 0.15) is 0 Å². The third kappa shape index (κ3) is 2.78. The highest BCUT2D eigenvalue weighted by Gasteiger charge is 2.29. The summed E-state index contributed by atoms with van der Waals surface area (Å²) in [6.45, 7) is 2.91. The molecule has 0 spiro atoms. The number of carboxylic acid groups (broad SMARTS) is 1. The minimum atomic E-state index is -0.886. The molecule has 5 nitrogen and oxygen atoms in total. The minimum Gasteiger partial charge on any atom is -0.478 e. The number of aromatic carboxylic acids is 1. The van der Waals surface area contributed by atoms with Crippen molar-refractivity contribution in [2.75, 3.05) is 19.6 Å². The molecule has 112 valence electrons. The van der Waals surface area contributed by atoms with Crippen LogP contribution >= 0.6 is 0 Å². The van der Waals surface area contributed by atoms with Gasteiger partial charge in [0.05, 0.1) is 11.5 Å². The second kappa shape index (κ2) is 5.85. The molecule has 1 fully saturated rings. The number of rotatable bonds is 2. The SMILES string of the molecule is O=C(O)c1cccc2c1CCN(C(=O)[C@@H]1CCCNC1)C2. The summed E-state index contributed by atoms with van der Waals surface area (Å²) in [4.78, 5) is 25.7. The van der Waals surface area contributed by atoms with E-state index in [0.29, 0.717) is 25.1 Å². The lowest BCUT2D eigenvalue weighted by Gasteiger charge is -2.33. The first kappa shape index (κ1) is 14.1. The molecule has 0 aliphatic carbocycles. The summed E-state index contributed by atoms with van der Waals surface area (Å²) < 4.78 is 0. The van der Waals surface area contributed by atoms with Gasteiger partial charge >= 0.3 is 5.97 Å². The van der Waals surface area contributed by atoms with Crippen molar-refractivity contribution in [1.82, 2.24) is 10.2 Å². The van der Waals surface area contributed by atoms with Crippen molar-refractivity contribution in [2.45, 2.75) is 25.8 Å². The van der Waals surface area contributed by atoms with Gasteiger partial charge in [0.2, 0.25) is 5.91 Å². The average molecular weight is 288 g/mol. The maximum atomic E-state index is 12.6. The Hall–Kier alpha value is -1.88. The Morgan fingerprint density at radius 3 is 2.90 bits per heavy atom. The predicted octanol–water partition coefficient (Wildman–Crippen LogP) is 1.27. The first-order valence-corrected chi connectivity index (χ1v) is 7.50. The van der Waals surface area contributed by atoms with Crippen molar-refractivity contribution in [2.24, 2.45) is 5.92 Å². The van der Waals surface area contributed by atoms with Crippen LogP contribution in [0.4, 0.5) is 0 Å². The van der Waals surface area contributed by atoms with Gasteiger partial charge in [-0.1, -0.05) is 12.1 Å². The number of nitrogens with one attached hydrogen (secondary N) is 1. The number of carbonyl (C=O) groups is 2. The van der Waals surface area contributed by atoms with Crippen LogP contribution < -0.4 is 5.32 Å². The number of amides is 1. The van der Waals surface area contributed by atoms with Gasteiger partial charge in [-0.15, -0.1) is 0 Å². The van der Waals surface area contributed by atoms with Crippen LogP contribution in [0.25, 0.3) is 0 Å². The lowest BCUT2D eigenvalue weighted by molar-refractivity contribution is -0.137. The number of hydrogen-bond acceptors (Lipinski definition) is 3. The monoisotopic (exact) mass is 288 g/mol. The zero-order valence-electron chi connectivity index (χ0n) is 12.0. The molecular formula is C16H20N2O3. The molecule has 2 N–H and O–H groups in total. The van der Waals surface area contributed by atoms with Crippen molar-refractivity contribution in [3.8, 4) is 0 Å². The van der Waals surface area contributed by atoms with E-state index in [0.717, 1.165) is 37.1 Å². The Labute approximate surface area is 123 Å².